The van der Waals surface area contributed by atoms with Gasteiger partial charge in [0.25, 0.3) is 11.6 Å². The molecule has 0 aliphatic heterocycles. The van der Waals surface area contributed by atoms with Gasteiger partial charge >= 0.3 is 0 Å². The quantitative estimate of drug-likeness (QED) is 0.297. The predicted molar refractivity (Wildman–Crippen MR) is 112 cm³/mol. The van der Waals surface area contributed by atoms with Gasteiger partial charge in [0.05, 0.1) is 16.9 Å². The van der Waals surface area contributed by atoms with Gasteiger partial charge in [0.2, 0.25) is 5.91 Å². The molecule has 0 bridgehead atoms. The Bertz CT molecular complexity index is 991. The fourth-order valence-electron chi connectivity index (χ4n) is 2.91. The Balaban J connectivity index is 2.02. The number of nitrogen functional groups attached to an aromatic ring is 1. The molecule has 0 heterocycles. The van der Waals surface area contributed by atoms with E-state index in [1.807, 2.05) is 32.9 Å². The zero-order valence-electron chi connectivity index (χ0n) is 16.7. The molecule has 0 radical (unpaired) electrons. The van der Waals surface area contributed by atoms with Crippen molar-refractivity contribution in [1.82, 2.24) is 5.43 Å². The maximum absolute atomic E-state index is 12.3. The van der Waals surface area contributed by atoms with Crippen LogP contribution in [0.1, 0.15) is 40.4 Å². The minimum Gasteiger partial charge on any atom is -0.399 e. The van der Waals surface area contributed by atoms with Crippen LogP contribution in [0, 0.1) is 30.9 Å². The van der Waals surface area contributed by atoms with Gasteiger partial charge in [-0.2, -0.15) is 5.10 Å². The molecule has 2 rings (SSSR count). The van der Waals surface area contributed by atoms with Crippen molar-refractivity contribution in [2.75, 3.05) is 11.1 Å². The standard InChI is InChI=1S/C20H23N5O4/c1-11-5-12(2)19(13(3)6-11)22-18(26)7-14(4)23-24-20(27)15-8-16(21)10-17(9-15)25(28)29/h5-6,8-10H,7,21H2,1-4H3,(H,22,26)(H,24,27)/b23-14-. The molecule has 0 aliphatic rings. The summed E-state index contributed by atoms with van der Waals surface area (Å²) in [6.45, 7) is 7.42. The number of nitrogens with zero attached hydrogens (tertiary/aromatic N) is 2. The van der Waals surface area contributed by atoms with E-state index in [9.17, 15) is 19.7 Å². The second-order valence-corrected chi connectivity index (χ2v) is 6.86. The molecule has 9 heteroatoms. The van der Waals surface area contributed by atoms with Crippen molar-refractivity contribution in [2.45, 2.75) is 34.1 Å². The molecule has 4 N–H and O–H groups in total. The SMILES string of the molecule is C/C(CC(=O)Nc1c(C)cc(C)cc1C)=N/NC(=O)c1cc(N)cc([N+](=O)[O-])c1. The number of nitrogens with one attached hydrogen (secondary N) is 2. The number of anilines is 2. The summed E-state index contributed by atoms with van der Waals surface area (Å²) in [7, 11) is 0. The minimum atomic E-state index is -0.662. The van der Waals surface area contributed by atoms with Crippen molar-refractivity contribution in [2.24, 2.45) is 5.10 Å². The Morgan fingerprint density at radius 2 is 1.72 bits per heavy atom. The van der Waals surface area contributed by atoms with E-state index in [0.29, 0.717) is 5.71 Å². The molecule has 0 saturated carbocycles. The summed E-state index contributed by atoms with van der Waals surface area (Å²) in [5, 5.41) is 17.6. The lowest BCUT2D eigenvalue weighted by Crippen LogP contribution is -2.22. The number of nitro benzene ring substituents is 1. The third-order valence-corrected chi connectivity index (χ3v) is 4.12. The molecule has 0 unspecified atom stereocenters. The second-order valence-electron chi connectivity index (χ2n) is 6.86. The minimum absolute atomic E-state index is 0.00334. The Morgan fingerprint density at radius 1 is 1.10 bits per heavy atom. The van der Waals surface area contributed by atoms with Crippen LogP contribution < -0.4 is 16.5 Å². The molecule has 0 fully saturated rings. The number of hydrazone groups is 1. The number of benzene rings is 2. The summed E-state index contributed by atoms with van der Waals surface area (Å²) in [4.78, 5) is 34.7. The highest BCUT2D eigenvalue weighted by molar-refractivity contribution is 6.06. The molecule has 2 amide bonds. The molecule has 0 aliphatic carbocycles. The Morgan fingerprint density at radius 3 is 2.31 bits per heavy atom. The fourth-order valence-corrected chi connectivity index (χ4v) is 2.91. The van der Waals surface area contributed by atoms with Crippen molar-refractivity contribution in [3.63, 3.8) is 0 Å². The van der Waals surface area contributed by atoms with E-state index in [2.05, 4.69) is 15.8 Å². The number of non-ortho nitro benzene ring substituents is 1. The van der Waals surface area contributed by atoms with Gasteiger partial charge in [-0.15, -0.1) is 0 Å². The summed E-state index contributed by atoms with van der Waals surface area (Å²) >= 11 is 0. The first-order valence-corrected chi connectivity index (χ1v) is 8.83. The first kappa shape index (κ1) is 21.5. The van der Waals surface area contributed by atoms with Gasteiger partial charge in [-0.05, 0) is 44.9 Å². The predicted octanol–water partition coefficient (Wildman–Crippen LogP) is 3.24. The van der Waals surface area contributed by atoms with Gasteiger partial charge in [-0.25, -0.2) is 5.43 Å². The van der Waals surface area contributed by atoms with Crippen LogP contribution in [0.5, 0.6) is 0 Å². The molecule has 2 aromatic rings. The van der Waals surface area contributed by atoms with Crippen LogP contribution in [0.4, 0.5) is 17.1 Å². The van der Waals surface area contributed by atoms with Crippen LogP contribution in [0.2, 0.25) is 0 Å². The van der Waals surface area contributed by atoms with Crippen LogP contribution in [0.3, 0.4) is 0 Å². The summed E-state index contributed by atoms with van der Waals surface area (Å²) in [6, 6.07) is 7.53. The average molecular weight is 397 g/mol. The molecule has 0 saturated heterocycles. The monoisotopic (exact) mass is 397 g/mol. The van der Waals surface area contributed by atoms with Crippen molar-refractivity contribution < 1.29 is 14.5 Å². The highest BCUT2D eigenvalue weighted by Crippen LogP contribution is 2.22. The molecule has 29 heavy (non-hydrogen) atoms. The number of carbonyl (C=O) groups is 2. The Kier molecular flexibility index (Phi) is 6.66. The van der Waals surface area contributed by atoms with Crippen molar-refractivity contribution >= 4 is 34.6 Å². The van der Waals surface area contributed by atoms with Gasteiger partial charge in [-0.3, -0.25) is 19.7 Å². The third-order valence-electron chi connectivity index (χ3n) is 4.12. The summed E-state index contributed by atoms with van der Waals surface area (Å²) in [5.41, 5.74) is 11.8. The van der Waals surface area contributed by atoms with Crippen LogP contribution in [0.15, 0.2) is 35.4 Å². The lowest BCUT2D eigenvalue weighted by Gasteiger charge is -2.12. The normalized spacial score (nSPS) is 11.1. The molecule has 0 aromatic heterocycles. The van der Waals surface area contributed by atoms with Crippen molar-refractivity contribution in [3.05, 3.63) is 62.7 Å². The zero-order chi connectivity index (χ0) is 21.7. The van der Waals surface area contributed by atoms with Crippen LogP contribution in [-0.4, -0.2) is 22.4 Å². The number of carbonyl (C=O) groups excluding carboxylic acids is 2. The molecule has 152 valence electrons. The van der Waals surface area contributed by atoms with E-state index in [1.165, 1.54) is 6.07 Å². The number of nitrogens with two attached hydrogens (primary N) is 1. The summed E-state index contributed by atoms with van der Waals surface area (Å²) in [5.74, 6) is -0.930. The number of rotatable bonds is 6. The van der Waals surface area contributed by atoms with Crippen LogP contribution in [-0.2, 0) is 4.79 Å². The lowest BCUT2D eigenvalue weighted by molar-refractivity contribution is -0.384. The maximum atomic E-state index is 12.3. The molecular formula is C20H23N5O4. The maximum Gasteiger partial charge on any atom is 0.272 e. The first-order valence-electron chi connectivity index (χ1n) is 8.83. The number of hydrogen-bond donors (Lipinski definition) is 3. The van der Waals surface area contributed by atoms with E-state index in [0.717, 1.165) is 34.5 Å². The number of hydrogen-bond acceptors (Lipinski definition) is 6. The van der Waals surface area contributed by atoms with E-state index in [-0.39, 0.29) is 29.3 Å². The zero-order valence-corrected chi connectivity index (χ0v) is 16.7. The Hall–Kier alpha value is -3.75. The largest absolute Gasteiger partial charge is 0.399 e. The summed E-state index contributed by atoms with van der Waals surface area (Å²) < 4.78 is 0. The van der Waals surface area contributed by atoms with E-state index < -0.39 is 10.8 Å². The lowest BCUT2D eigenvalue weighted by atomic mass is 10.0. The Labute approximate surface area is 168 Å². The number of amides is 2. The van der Waals surface area contributed by atoms with Crippen molar-refractivity contribution in [1.29, 1.82) is 0 Å². The van der Waals surface area contributed by atoms with Crippen LogP contribution in [0.25, 0.3) is 0 Å². The molecule has 9 nitrogen and oxygen atoms in total. The van der Waals surface area contributed by atoms with E-state index in [1.54, 1.807) is 6.92 Å². The smallest absolute Gasteiger partial charge is 0.272 e. The van der Waals surface area contributed by atoms with Gasteiger partial charge < -0.3 is 11.1 Å². The molecule has 0 atom stereocenters. The highest BCUT2D eigenvalue weighted by atomic mass is 16.6. The number of aryl methyl sites for hydroxylation is 3. The molecular weight excluding hydrogens is 374 g/mol. The van der Waals surface area contributed by atoms with Gasteiger partial charge in [0.15, 0.2) is 0 Å². The van der Waals surface area contributed by atoms with Gasteiger partial charge in [0.1, 0.15) is 0 Å². The van der Waals surface area contributed by atoms with E-state index >= 15 is 0 Å². The van der Waals surface area contributed by atoms with Crippen molar-refractivity contribution in [3.8, 4) is 0 Å². The highest BCUT2D eigenvalue weighted by Gasteiger charge is 2.14. The van der Waals surface area contributed by atoms with Crippen LogP contribution >= 0.6 is 0 Å². The average Bonchev–Trinajstić information content (AvgIpc) is 2.62. The fraction of sp³-hybridized carbons (Fsp3) is 0.250. The molecule has 2 aromatic carbocycles. The summed E-state index contributed by atoms with van der Waals surface area (Å²) in [6.07, 6.45) is -0.0237. The number of nitro groups is 1. The van der Waals surface area contributed by atoms with Gasteiger partial charge in [-0.1, -0.05) is 17.7 Å². The topological polar surface area (TPSA) is 140 Å². The van der Waals surface area contributed by atoms with E-state index in [4.69, 9.17) is 5.73 Å². The first-order chi connectivity index (χ1) is 13.6. The molecule has 0 spiro atoms. The van der Waals surface area contributed by atoms with Gasteiger partial charge in [0, 0.05) is 29.2 Å². The second kappa shape index (κ2) is 8.96. The third kappa shape index (κ3) is 5.86.